The summed E-state index contributed by atoms with van der Waals surface area (Å²) in [4.78, 5) is 10.5. The fourth-order valence-electron chi connectivity index (χ4n) is 1.60. The number of hydrogen-bond acceptors (Lipinski definition) is 5. The Bertz CT molecular complexity index is 522. The molecule has 0 fully saturated rings. The number of nitrogens with one attached hydrogen (secondary N) is 1. The van der Waals surface area contributed by atoms with Gasteiger partial charge >= 0.3 is 0 Å². The highest BCUT2D eigenvalue weighted by Gasteiger charge is 2.29. The third-order valence-corrected chi connectivity index (χ3v) is 3.44. The van der Waals surface area contributed by atoms with E-state index >= 15 is 0 Å². The van der Waals surface area contributed by atoms with E-state index in [9.17, 15) is 10.1 Å². The Morgan fingerprint density at radius 2 is 2.21 bits per heavy atom. The molecule has 6 heteroatoms. The number of nitriles is 1. The van der Waals surface area contributed by atoms with Crippen LogP contribution in [0.1, 0.15) is 26.3 Å². The Balaban J connectivity index is 3.25. The Hall–Kier alpha value is -2.13. The number of nitrogens with two attached hydrogens (primary N) is 1. The van der Waals surface area contributed by atoms with Gasteiger partial charge in [-0.25, -0.2) is 0 Å². The van der Waals surface area contributed by atoms with Crippen molar-refractivity contribution in [1.29, 1.82) is 5.26 Å². The van der Waals surface area contributed by atoms with E-state index in [1.54, 1.807) is 0 Å². The van der Waals surface area contributed by atoms with Crippen LogP contribution in [0.4, 0.5) is 11.4 Å². The van der Waals surface area contributed by atoms with Crippen molar-refractivity contribution >= 4 is 11.4 Å². The first-order chi connectivity index (χ1) is 8.84. The van der Waals surface area contributed by atoms with Crippen molar-refractivity contribution in [1.82, 2.24) is 0 Å². The number of nitrogens with zero attached hydrogens (tertiary/aromatic N) is 2. The molecule has 1 unspecified atom stereocenters. The van der Waals surface area contributed by atoms with Crippen molar-refractivity contribution in [2.24, 2.45) is 11.7 Å². The summed E-state index contributed by atoms with van der Waals surface area (Å²) in [6, 6.07) is 6.21. The van der Waals surface area contributed by atoms with Crippen LogP contribution < -0.4 is 11.1 Å². The maximum absolute atomic E-state index is 11.0. The second-order valence-corrected chi connectivity index (χ2v) is 5.00. The first-order valence-electron chi connectivity index (χ1n) is 6.01. The number of benzene rings is 1. The molecule has 0 saturated carbocycles. The topological polar surface area (TPSA) is 105 Å². The smallest absolute Gasteiger partial charge is 0.292 e. The fourth-order valence-corrected chi connectivity index (χ4v) is 1.60. The predicted molar refractivity (Wildman–Crippen MR) is 73.7 cm³/mol. The summed E-state index contributed by atoms with van der Waals surface area (Å²) in [6.45, 7) is 6.21. The van der Waals surface area contributed by atoms with E-state index in [0.29, 0.717) is 17.8 Å². The minimum atomic E-state index is -0.473. The van der Waals surface area contributed by atoms with Crippen molar-refractivity contribution in [3.05, 3.63) is 33.9 Å². The van der Waals surface area contributed by atoms with E-state index in [0.717, 1.165) is 0 Å². The number of anilines is 1. The van der Waals surface area contributed by atoms with Gasteiger partial charge in [0.05, 0.1) is 16.6 Å². The van der Waals surface area contributed by atoms with Gasteiger partial charge in [0.1, 0.15) is 5.69 Å². The molecule has 1 aromatic carbocycles. The Labute approximate surface area is 112 Å². The molecule has 0 radical (unpaired) electrons. The second kappa shape index (κ2) is 5.67. The van der Waals surface area contributed by atoms with Crippen LogP contribution in [0, 0.1) is 27.4 Å². The summed E-state index contributed by atoms with van der Waals surface area (Å²) >= 11 is 0. The average molecular weight is 262 g/mol. The molecule has 3 N–H and O–H groups in total. The fraction of sp³-hybridized carbons (Fsp3) is 0.462. The molecule has 1 rings (SSSR count). The van der Waals surface area contributed by atoms with Gasteiger partial charge in [0.2, 0.25) is 0 Å². The van der Waals surface area contributed by atoms with Gasteiger partial charge in [0, 0.05) is 18.2 Å². The number of hydrogen-bond donors (Lipinski definition) is 2. The molecule has 0 spiro atoms. The highest BCUT2D eigenvalue weighted by atomic mass is 16.6. The zero-order chi connectivity index (χ0) is 14.6. The van der Waals surface area contributed by atoms with Crippen LogP contribution in [0.2, 0.25) is 0 Å². The molecule has 19 heavy (non-hydrogen) atoms. The molecular weight excluding hydrogens is 244 g/mol. The quantitative estimate of drug-likeness (QED) is 0.625. The molecule has 0 bridgehead atoms. The molecule has 0 aliphatic rings. The molecule has 0 amide bonds. The van der Waals surface area contributed by atoms with Crippen LogP contribution in [0.15, 0.2) is 18.2 Å². The van der Waals surface area contributed by atoms with Gasteiger partial charge in [-0.1, -0.05) is 13.8 Å². The van der Waals surface area contributed by atoms with Gasteiger partial charge in [-0.15, -0.1) is 0 Å². The second-order valence-electron chi connectivity index (χ2n) is 5.00. The van der Waals surface area contributed by atoms with Crippen LogP contribution >= 0.6 is 0 Å². The van der Waals surface area contributed by atoms with Crippen molar-refractivity contribution in [2.75, 3.05) is 11.9 Å². The molecule has 1 aromatic rings. The molecule has 0 heterocycles. The van der Waals surface area contributed by atoms with Crippen LogP contribution in [0.5, 0.6) is 0 Å². The normalized spacial score (nSPS) is 13.7. The van der Waals surface area contributed by atoms with E-state index in [2.05, 4.69) is 5.32 Å². The first-order valence-corrected chi connectivity index (χ1v) is 6.01. The summed E-state index contributed by atoms with van der Waals surface area (Å²) in [5.41, 5.74) is 5.92. The van der Waals surface area contributed by atoms with Gasteiger partial charge in [-0.2, -0.15) is 5.26 Å². The molecule has 6 nitrogen and oxygen atoms in total. The van der Waals surface area contributed by atoms with Crippen LogP contribution in [0.25, 0.3) is 0 Å². The van der Waals surface area contributed by atoms with Crippen molar-refractivity contribution in [3.8, 4) is 6.07 Å². The lowest BCUT2D eigenvalue weighted by molar-refractivity contribution is -0.384. The summed E-state index contributed by atoms with van der Waals surface area (Å²) in [7, 11) is 0. The average Bonchev–Trinajstić information content (AvgIpc) is 2.37. The Kier molecular flexibility index (Phi) is 4.46. The summed E-state index contributed by atoms with van der Waals surface area (Å²) in [5.74, 6) is 0.183. The molecule has 0 aromatic heterocycles. The minimum absolute atomic E-state index is 0.0562. The largest absolute Gasteiger partial charge is 0.373 e. The standard InChI is InChI=1S/C13H18N4O2/c1-9(2)13(3,8-15)16-11-6-10(7-14)4-5-12(11)17(18)19/h4-6,9,16H,8,15H2,1-3H3. The maximum atomic E-state index is 11.0. The van der Waals surface area contributed by atoms with E-state index in [-0.39, 0.29) is 11.6 Å². The monoisotopic (exact) mass is 262 g/mol. The van der Waals surface area contributed by atoms with Crippen molar-refractivity contribution in [2.45, 2.75) is 26.3 Å². The van der Waals surface area contributed by atoms with Crippen molar-refractivity contribution in [3.63, 3.8) is 0 Å². The maximum Gasteiger partial charge on any atom is 0.292 e. The first kappa shape index (κ1) is 14.9. The van der Waals surface area contributed by atoms with E-state index < -0.39 is 10.5 Å². The van der Waals surface area contributed by atoms with E-state index in [1.165, 1.54) is 18.2 Å². The Morgan fingerprint density at radius 3 is 2.63 bits per heavy atom. The van der Waals surface area contributed by atoms with Gasteiger partial charge in [0.25, 0.3) is 5.69 Å². The van der Waals surface area contributed by atoms with E-state index in [4.69, 9.17) is 11.0 Å². The summed E-state index contributed by atoms with van der Waals surface area (Å²) in [6.07, 6.45) is 0. The third kappa shape index (κ3) is 3.20. The lowest BCUT2D eigenvalue weighted by Crippen LogP contribution is -2.47. The van der Waals surface area contributed by atoms with Gasteiger partial charge in [-0.05, 0) is 25.0 Å². The third-order valence-electron chi connectivity index (χ3n) is 3.44. The summed E-state index contributed by atoms with van der Waals surface area (Å²) < 4.78 is 0. The number of nitro groups is 1. The molecule has 0 aliphatic carbocycles. The number of nitro benzene ring substituents is 1. The zero-order valence-corrected chi connectivity index (χ0v) is 11.3. The van der Waals surface area contributed by atoms with Gasteiger partial charge < -0.3 is 11.1 Å². The predicted octanol–water partition coefficient (Wildman–Crippen LogP) is 2.25. The number of rotatable bonds is 5. The van der Waals surface area contributed by atoms with Crippen LogP contribution in [-0.2, 0) is 0 Å². The molecule has 0 saturated heterocycles. The van der Waals surface area contributed by atoms with Crippen molar-refractivity contribution < 1.29 is 4.92 Å². The highest BCUT2D eigenvalue weighted by Crippen LogP contribution is 2.30. The molecule has 0 aliphatic heterocycles. The highest BCUT2D eigenvalue weighted by molar-refractivity contribution is 5.65. The van der Waals surface area contributed by atoms with Crippen LogP contribution in [0.3, 0.4) is 0 Å². The van der Waals surface area contributed by atoms with Gasteiger partial charge in [-0.3, -0.25) is 10.1 Å². The van der Waals surface area contributed by atoms with Gasteiger partial charge in [0.15, 0.2) is 0 Å². The molecule has 1 atom stereocenters. The lowest BCUT2D eigenvalue weighted by atomic mass is 9.88. The lowest BCUT2D eigenvalue weighted by Gasteiger charge is -2.34. The zero-order valence-electron chi connectivity index (χ0n) is 11.3. The molecule has 102 valence electrons. The molecular formula is C13H18N4O2. The minimum Gasteiger partial charge on any atom is -0.373 e. The van der Waals surface area contributed by atoms with E-state index in [1.807, 2.05) is 26.8 Å². The SMILES string of the molecule is CC(C)C(C)(CN)Nc1cc(C#N)ccc1[N+](=O)[O-]. The Morgan fingerprint density at radius 1 is 1.58 bits per heavy atom. The van der Waals surface area contributed by atoms with Crippen LogP contribution in [-0.4, -0.2) is 17.0 Å². The summed E-state index contributed by atoms with van der Waals surface area (Å²) in [5, 5.41) is 23.0.